The zero-order valence-corrected chi connectivity index (χ0v) is 13.9. The van der Waals surface area contributed by atoms with E-state index in [4.69, 9.17) is 4.74 Å². The Kier molecular flexibility index (Phi) is 5.74. The maximum Gasteiger partial charge on any atom is 0.302 e. The molecule has 0 saturated heterocycles. The van der Waals surface area contributed by atoms with Crippen molar-refractivity contribution in [1.82, 2.24) is 0 Å². The van der Waals surface area contributed by atoms with Crippen LogP contribution in [0.25, 0.3) is 0 Å². The van der Waals surface area contributed by atoms with Gasteiger partial charge in [0.2, 0.25) is 6.04 Å². The third-order valence-corrected chi connectivity index (χ3v) is 4.11. The molecule has 0 aromatic heterocycles. The number of nitro groups is 1. The molecule has 1 aromatic carbocycles. The van der Waals surface area contributed by atoms with Crippen LogP contribution in [0.5, 0.6) is 0 Å². The van der Waals surface area contributed by atoms with E-state index in [2.05, 4.69) is 11.0 Å². The van der Waals surface area contributed by atoms with Gasteiger partial charge in [-0.3, -0.25) is 14.9 Å². The van der Waals surface area contributed by atoms with Gasteiger partial charge < -0.3 is 9.64 Å². The van der Waals surface area contributed by atoms with E-state index in [-0.39, 0.29) is 10.9 Å². The van der Waals surface area contributed by atoms with Crippen molar-refractivity contribution in [2.45, 2.75) is 39.2 Å². The zero-order chi connectivity index (χ0) is 17.7. The van der Waals surface area contributed by atoms with Crippen LogP contribution in [-0.4, -0.2) is 36.6 Å². The van der Waals surface area contributed by atoms with Gasteiger partial charge in [-0.1, -0.05) is 6.07 Å². The summed E-state index contributed by atoms with van der Waals surface area (Å²) in [6, 6.07) is 5.27. The Morgan fingerprint density at radius 2 is 2.29 bits per heavy atom. The first-order valence-corrected chi connectivity index (χ1v) is 8.00. The second-order valence-corrected chi connectivity index (χ2v) is 6.03. The monoisotopic (exact) mass is 331 g/mol. The second kappa shape index (κ2) is 7.77. The molecule has 24 heavy (non-hydrogen) atoms. The van der Waals surface area contributed by atoms with E-state index in [1.165, 1.54) is 6.92 Å². The van der Waals surface area contributed by atoms with Gasteiger partial charge in [0, 0.05) is 38.3 Å². The van der Waals surface area contributed by atoms with Crippen molar-refractivity contribution >= 4 is 11.7 Å². The summed E-state index contributed by atoms with van der Waals surface area (Å²) in [5.74, 6) is -0.293. The quantitative estimate of drug-likeness (QED) is 0.328. The van der Waals surface area contributed by atoms with Crippen LogP contribution < -0.4 is 4.90 Å². The zero-order valence-electron chi connectivity index (χ0n) is 13.9. The van der Waals surface area contributed by atoms with E-state index < -0.39 is 6.04 Å². The molecule has 0 amide bonds. The maximum atomic E-state index is 10.8. The number of carbonyl (C=O) groups is 1. The molecule has 2 rings (SSSR count). The Labute approximate surface area is 141 Å². The smallest absolute Gasteiger partial charge is 0.302 e. The fourth-order valence-electron chi connectivity index (χ4n) is 3.01. The number of ether oxygens (including phenoxy) is 1. The lowest BCUT2D eigenvalue weighted by Crippen LogP contribution is -2.24. The number of carbonyl (C=O) groups excluding carboxylic acids is 1. The van der Waals surface area contributed by atoms with E-state index in [9.17, 15) is 20.2 Å². The van der Waals surface area contributed by atoms with Crippen LogP contribution in [-0.2, 0) is 22.4 Å². The van der Waals surface area contributed by atoms with Crippen molar-refractivity contribution in [3.63, 3.8) is 0 Å². The standard InChI is InChI=1S/C17H21N3O4/c1-12(20(22)23)8-14-9-15-4-6-19(5-3-7-24-13(2)21)17(15)16(10-14)11-18/h9-10,12H,3-8H2,1-2H3. The van der Waals surface area contributed by atoms with Crippen molar-refractivity contribution in [1.29, 1.82) is 5.26 Å². The first-order valence-electron chi connectivity index (χ1n) is 8.00. The largest absolute Gasteiger partial charge is 0.466 e. The van der Waals surface area contributed by atoms with Crippen LogP contribution in [0.1, 0.15) is 37.0 Å². The predicted molar refractivity (Wildman–Crippen MR) is 88.5 cm³/mol. The van der Waals surface area contributed by atoms with E-state index in [1.807, 2.05) is 6.07 Å². The van der Waals surface area contributed by atoms with Crippen LogP contribution in [0.3, 0.4) is 0 Å². The molecule has 0 saturated carbocycles. The van der Waals surface area contributed by atoms with E-state index >= 15 is 0 Å². The average Bonchev–Trinajstić information content (AvgIpc) is 2.93. The summed E-state index contributed by atoms with van der Waals surface area (Å²) in [6.07, 6.45) is 1.84. The molecule has 1 heterocycles. The molecule has 0 radical (unpaired) electrons. The minimum absolute atomic E-state index is 0.293. The molecule has 1 atom stereocenters. The van der Waals surface area contributed by atoms with E-state index in [0.717, 1.165) is 29.8 Å². The SMILES string of the molecule is CC(=O)OCCCN1CCc2cc(CC(C)[N+](=O)[O-])cc(C#N)c21. The average molecular weight is 331 g/mol. The molecular formula is C17H21N3O4. The van der Waals surface area contributed by atoms with Gasteiger partial charge in [0.05, 0.1) is 17.9 Å². The summed E-state index contributed by atoms with van der Waals surface area (Å²) < 4.78 is 4.94. The molecule has 0 spiro atoms. The van der Waals surface area contributed by atoms with Gasteiger partial charge in [-0.15, -0.1) is 0 Å². The molecule has 0 N–H and O–H groups in total. The molecule has 1 aromatic rings. The van der Waals surface area contributed by atoms with Gasteiger partial charge in [-0.2, -0.15) is 5.26 Å². The highest BCUT2D eigenvalue weighted by atomic mass is 16.6. The van der Waals surface area contributed by atoms with Gasteiger partial charge in [-0.05, 0) is 30.0 Å². The van der Waals surface area contributed by atoms with Crippen molar-refractivity contribution in [3.05, 3.63) is 38.9 Å². The Morgan fingerprint density at radius 3 is 2.92 bits per heavy atom. The molecule has 0 fully saturated rings. The second-order valence-electron chi connectivity index (χ2n) is 6.03. The number of anilines is 1. The van der Waals surface area contributed by atoms with Gasteiger partial charge in [0.15, 0.2) is 0 Å². The Hall–Kier alpha value is -2.62. The van der Waals surface area contributed by atoms with Crippen molar-refractivity contribution in [2.75, 3.05) is 24.6 Å². The van der Waals surface area contributed by atoms with E-state index in [1.54, 1.807) is 13.0 Å². The molecule has 128 valence electrons. The van der Waals surface area contributed by atoms with Gasteiger partial charge in [0.25, 0.3) is 0 Å². The Morgan fingerprint density at radius 1 is 1.54 bits per heavy atom. The molecule has 7 nitrogen and oxygen atoms in total. The number of nitriles is 1. The number of esters is 1. The molecule has 1 aliphatic heterocycles. The fraction of sp³-hybridized carbons (Fsp3) is 0.529. The highest BCUT2D eigenvalue weighted by Crippen LogP contribution is 2.33. The lowest BCUT2D eigenvalue weighted by Gasteiger charge is -2.20. The highest BCUT2D eigenvalue weighted by molar-refractivity contribution is 5.68. The topological polar surface area (TPSA) is 96.5 Å². The highest BCUT2D eigenvalue weighted by Gasteiger charge is 2.24. The number of nitrogens with zero attached hydrogens (tertiary/aromatic N) is 3. The summed E-state index contributed by atoms with van der Waals surface area (Å²) in [4.78, 5) is 23.4. The number of rotatable bonds is 7. The van der Waals surface area contributed by atoms with Crippen LogP contribution in [0.4, 0.5) is 5.69 Å². The van der Waals surface area contributed by atoms with Crippen molar-refractivity contribution in [2.24, 2.45) is 0 Å². The Balaban J connectivity index is 2.11. The normalized spacial score (nSPS) is 14.0. The van der Waals surface area contributed by atoms with Crippen molar-refractivity contribution in [3.8, 4) is 6.07 Å². The molecular weight excluding hydrogens is 310 g/mol. The molecule has 7 heteroatoms. The van der Waals surface area contributed by atoms with Crippen molar-refractivity contribution < 1.29 is 14.5 Å². The lowest BCUT2D eigenvalue weighted by atomic mass is 9.99. The van der Waals surface area contributed by atoms with Gasteiger partial charge in [0.1, 0.15) is 6.07 Å². The number of benzene rings is 1. The Bertz CT molecular complexity index is 681. The third-order valence-electron chi connectivity index (χ3n) is 4.11. The minimum atomic E-state index is -0.671. The summed E-state index contributed by atoms with van der Waals surface area (Å²) >= 11 is 0. The van der Waals surface area contributed by atoms with Crippen LogP contribution >= 0.6 is 0 Å². The van der Waals surface area contributed by atoms with E-state index in [0.29, 0.717) is 31.6 Å². The predicted octanol–water partition coefficient (Wildman–Crippen LogP) is 2.08. The summed E-state index contributed by atoms with van der Waals surface area (Å²) in [5.41, 5.74) is 3.37. The summed E-state index contributed by atoms with van der Waals surface area (Å²) in [5, 5.41) is 20.3. The summed E-state index contributed by atoms with van der Waals surface area (Å²) in [6.45, 7) is 4.83. The van der Waals surface area contributed by atoms with Gasteiger partial charge in [-0.25, -0.2) is 0 Å². The first kappa shape index (κ1) is 17.7. The van der Waals surface area contributed by atoms with Crippen LogP contribution in [0, 0.1) is 21.4 Å². The maximum absolute atomic E-state index is 10.8. The summed E-state index contributed by atoms with van der Waals surface area (Å²) in [7, 11) is 0. The molecule has 0 bridgehead atoms. The molecule has 1 aliphatic rings. The molecule has 1 unspecified atom stereocenters. The molecule has 0 aliphatic carbocycles. The third kappa shape index (κ3) is 4.22. The number of fused-ring (bicyclic) bond motifs is 1. The number of hydrogen-bond donors (Lipinski definition) is 0. The number of hydrogen-bond acceptors (Lipinski definition) is 6. The van der Waals surface area contributed by atoms with Crippen LogP contribution in [0.15, 0.2) is 12.1 Å². The fourth-order valence-corrected chi connectivity index (χ4v) is 3.01. The lowest BCUT2D eigenvalue weighted by molar-refractivity contribution is -0.517. The van der Waals surface area contributed by atoms with Gasteiger partial charge >= 0.3 is 5.97 Å². The first-order chi connectivity index (χ1) is 11.4. The minimum Gasteiger partial charge on any atom is -0.466 e. The van der Waals surface area contributed by atoms with Crippen LogP contribution in [0.2, 0.25) is 0 Å².